The Kier molecular flexibility index (Phi) is 3.49. The van der Waals surface area contributed by atoms with Gasteiger partial charge in [0.1, 0.15) is 0 Å². The SMILES string of the molecule is COC(=O)C1CCN(CCN)C1. The van der Waals surface area contributed by atoms with Gasteiger partial charge in [-0.15, -0.1) is 0 Å². The van der Waals surface area contributed by atoms with Crippen LogP contribution in [0.25, 0.3) is 0 Å². The summed E-state index contributed by atoms with van der Waals surface area (Å²) >= 11 is 0. The zero-order valence-electron chi connectivity index (χ0n) is 7.45. The number of nitrogens with two attached hydrogens (primary N) is 1. The number of esters is 1. The topological polar surface area (TPSA) is 55.6 Å². The van der Waals surface area contributed by atoms with Gasteiger partial charge in [-0.1, -0.05) is 0 Å². The average molecular weight is 172 g/mol. The highest BCUT2D eigenvalue weighted by molar-refractivity contribution is 5.72. The standard InChI is InChI=1S/C8H16N2O2/c1-12-8(11)7-2-4-10(6-7)5-3-9/h7H,2-6,9H2,1H3. The first-order valence-electron chi connectivity index (χ1n) is 4.28. The number of nitrogens with zero attached hydrogens (tertiary/aromatic N) is 1. The molecule has 0 bridgehead atoms. The number of hydrogen-bond donors (Lipinski definition) is 1. The van der Waals surface area contributed by atoms with E-state index in [-0.39, 0.29) is 11.9 Å². The van der Waals surface area contributed by atoms with Crippen molar-refractivity contribution in [1.82, 2.24) is 4.90 Å². The van der Waals surface area contributed by atoms with E-state index >= 15 is 0 Å². The minimum atomic E-state index is -0.0884. The van der Waals surface area contributed by atoms with Crippen molar-refractivity contribution in [3.8, 4) is 0 Å². The molecule has 0 aromatic rings. The molecule has 0 amide bonds. The number of carbonyl (C=O) groups excluding carboxylic acids is 1. The summed E-state index contributed by atoms with van der Waals surface area (Å²) in [5, 5.41) is 0. The molecule has 70 valence electrons. The molecule has 0 saturated carbocycles. The van der Waals surface area contributed by atoms with Gasteiger partial charge in [-0.25, -0.2) is 0 Å². The van der Waals surface area contributed by atoms with Gasteiger partial charge in [0.05, 0.1) is 13.0 Å². The molecule has 4 heteroatoms. The zero-order chi connectivity index (χ0) is 8.97. The number of ether oxygens (including phenoxy) is 1. The fourth-order valence-electron chi connectivity index (χ4n) is 1.58. The molecule has 0 radical (unpaired) electrons. The summed E-state index contributed by atoms with van der Waals surface area (Å²) in [5.41, 5.74) is 5.40. The average Bonchev–Trinajstić information content (AvgIpc) is 2.52. The van der Waals surface area contributed by atoms with Gasteiger partial charge in [-0.3, -0.25) is 4.79 Å². The summed E-state index contributed by atoms with van der Waals surface area (Å²) in [6.07, 6.45) is 0.909. The van der Waals surface area contributed by atoms with Crippen LogP contribution in [-0.4, -0.2) is 44.2 Å². The van der Waals surface area contributed by atoms with Crippen LogP contribution < -0.4 is 5.73 Å². The summed E-state index contributed by atoms with van der Waals surface area (Å²) in [6.45, 7) is 3.32. The molecule has 12 heavy (non-hydrogen) atoms. The summed E-state index contributed by atoms with van der Waals surface area (Å²) in [6, 6.07) is 0. The molecule has 4 nitrogen and oxygen atoms in total. The van der Waals surface area contributed by atoms with Crippen LogP contribution >= 0.6 is 0 Å². The van der Waals surface area contributed by atoms with E-state index in [1.807, 2.05) is 0 Å². The predicted molar refractivity (Wildman–Crippen MR) is 45.6 cm³/mol. The van der Waals surface area contributed by atoms with Gasteiger partial charge in [-0.2, -0.15) is 0 Å². The van der Waals surface area contributed by atoms with Crippen molar-refractivity contribution < 1.29 is 9.53 Å². The molecular formula is C8H16N2O2. The van der Waals surface area contributed by atoms with Crippen molar-refractivity contribution >= 4 is 5.97 Å². The van der Waals surface area contributed by atoms with Gasteiger partial charge in [0.25, 0.3) is 0 Å². The van der Waals surface area contributed by atoms with Crippen LogP contribution in [0.15, 0.2) is 0 Å². The lowest BCUT2D eigenvalue weighted by atomic mass is 10.1. The molecule has 0 aliphatic carbocycles. The van der Waals surface area contributed by atoms with Gasteiger partial charge in [0.2, 0.25) is 0 Å². The quantitative estimate of drug-likeness (QED) is 0.580. The van der Waals surface area contributed by atoms with Crippen molar-refractivity contribution in [2.45, 2.75) is 6.42 Å². The molecule has 1 aliphatic rings. The van der Waals surface area contributed by atoms with Crippen LogP contribution in [0.5, 0.6) is 0 Å². The highest BCUT2D eigenvalue weighted by atomic mass is 16.5. The Labute approximate surface area is 72.7 Å². The van der Waals surface area contributed by atoms with E-state index in [4.69, 9.17) is 5.73 Å². The number of methoxy groups -OCH3 is 1. The Morgan fingerprint density at radius 2 is 2.50 bits per heavy atom. The van der Waals surface area contributed by atoms with Crippen molar-refractivity contribution in [3.63, 3.8) is 0 Å². The van der Waals surface area contributed by atoms with Gasteiger partial charge >= 0.3 is 5.97 Å². The lowest BCUT2D eigenvalue weighted by Crippen LogP contribution is -2.28. The van der Waals surface area contributed by atoms with E-state index in [9.17, 15) is 4.79 Å². The Balaban J connectivity index is 2.30. The third kappa shape index (κ3) is 2.19. The molecule has 1 fully saturated rings. The molecule has 1 heterocycles. The van der Waals surface area contributed by atoms with Crippen LogP contribution in [-0.2, 0) is 9.53 Å². The summed E-state index contributed by atoms with van der Waals surface area (Å²) in [5.74, 6) is -0.0175. The molecule has 1 unspecified atom stereocenters. The van der Waals surface area contributed by atoms with Crippen molar-refractivity contribution in [2.24, 2.45) is 11.7 Å². The highest BCUT2D eigenvalue weighted by Crippen LogP contribution is 2.16. The second-order valence-corrected chi connectivity index (χ2v) is 3.10. The second-order valence-electron chi connectivity index (χ2n) is 3.10. The van der Waals surface area contributed by atoms with Crippen LogP contribution in [0.1, 0.15) is 6.42 Å². The van der Waals surface area contributed by atoms with Gasteiger partial charge in [0, 0.05) is 19.6 Å². The Morgan fingerprint density at radius 3 is 3.08 bits per heavy atom. The first-order chi connectivity index (χ1) is 5.77. The normalized spacial score (nSPS) is 24.3. The molecule has 0 aromatic carbocycles. The van der Waals surface area contributed by atoms with E-state index in [2.05, 4.69) is 9.64 Å². The van der Waals surface area contributed by atoms with Crippen molar-refractivity contribution in [1.29, 1.82) is 0 Å². The Morgan fingerprint density at radius 1 is 1.75 bits per heavy atom. The monoisotopic (exact) mass is 172 g/mol. The summed E-state index contributed by atoms with van der Waals surface area (Å²) < 4.78 is 4.66. The fraction of sp³-hybridized carbons (Fsp3) is 0.875. The minimum Gasteiger partial charge on any atom is -0.469 e. The maximum absolute atomic E-state index is 11.1. The number of likely N-dealkylation sites (tertiary alicyclic amines) is 1. The molecule has 1 saturated heterocycles. The van der Waals surface area contributed by atoms with Crippen LogP contribution in [0.2, 0.25) is 0 Å². The molecule has 1 rings (SSSR count). The fourth-order valence-corrected chi connectivity index (χ4v) is 1.58. The molecule has 1 atom stereocenters. The summed E-state index contributed by atoms with van der Waals surface area (Å²) in [7, 11) is 1.44. The highest BCUT2D eigenvalue weighted by Gasteiger charge is 2.28. The van der Waals surface area contributed by atoms with Crippen LogP contribution in [0.4, 0.5) is 0 Å². The first kappa shape index (κ1) is 9.48. The summed E-state index contributed by atoms with van der Waals surface area (Å²) in [4.78, 5) is 13.3. The largest absolute Gasteiger partial charge is 0.469 e. The van der Waals surface area contributed by atoms with E-state index in [0.717, 1.165) is 26.1 Å². The number of carbonyl (C=O) groups is 1. The Hall–Kier alpha value is -0.610. The molecule has 0 spiro atoms. The smallest absolute Gasteiger partial charge is 0.310 e. The van der Waals surface area contributed by atoms with E-state index in [0.29, 0.717) is 6.54 Å². The number of rotatable bonds is 3. The predicted octanol–water partition coefficient (Wildman–Crippen LogP) is -0.560. The molecular weight excluding hydrogens is 156 g/mol. The lowest BCUT2D eigenvalue weighted by molar-refractivity contribution is -0.144. The van der Waals surface area contributed by atoms with E-state index in [1.54, 1.807) is 0 Å². The molecule has 2 N–H and O–H groups in total. The third-order valence-corrected chi connectivity index (χ3v) is 2.25. The van der Waals surface area contributed by atoms with Crippen LogP contribution in [0.3, 0.4) is 0 Å². The maximum Gasteiger partial charge on any atom is 0.310 e. The molecule has 1 aliphatic heterocycles. The van der Waals surface area contributed by atoms with E-state index < -0.39 is 0 Å². The van der Waals surface area contributed by atoms with E-state index in [1.165, 1.54) is 7.11 Å². The van der Waals surface area contributed by atoms with Gasteiger partial charge in [0.15, 0.2) is 0 Å². The van der Waals surface area contributed by atoms with Crippen LogP contribution in [0, 0.1) is 5.92 Å². The lowest BCUT2D eigenvalue weighted by Gasteiger charge is -2.13. The maximum atomic E-state index is 11.1. The third-order valence-electron chi connectivity index (χ3n) is 2.25. The van der Waals surface area contributed by atoms with Gasteiger partial charge < -0.3 is 15.4 Å². The van der Waals surface area contributed by atoms with Crippen molar-refractivity contribution in [2.75, 3.05) is 33.3 Å². The first-order valence-corrected chi connectivity index (χ1v) is 4.28. The Bertz CT molecular complexity index is 161. The molecule has 0 aromatic heterocycles. The minimum absolute atomic E-state index is 0.0709. The number of hydrogen-bond acceptors (Lipinski definition) is 4. The van der Waals surface area contributed by atoms with Gasteiger partial charge in [-0.05, 0) is 13.0 Å². The second kappa shape index (κ2) is 4.42. The zero-order valence-corrected chi connectivity index (χ0v) is 7.45. The van der Waals surface area contributed by atoms with Crippen molar-refractivity contribution in [3.05, 3.63) is 0 Å².